The Balaban J connectivity index is 1.19. The normalized spacial score (nSPS) is 27.0. The maximum atomic E-state index is 13.3. The molecular weight excluding hydrogens is 458 g/mol. The molecule has 3 unspecified atom stereocenters. The van der Waals surface area contributed by atoms with Gasteiger partial charge < -0.3 is 9.80 Å². The number of hydrogen-bond acceptors (Lipinski definition) is 5. The molecule has 1 aromatic rings. The van der Waals surface area contributed by atoms with Crippen molar-refractivity contribution in [1.82, 2.24) is 20.1 Å². The molecule has 4 aliphatic rings. The summed E-state index contributed by atoms with van der Waals surface area (Å²) >= 11 is 0. The highest BCUT2D eigenvalue weighted by atomic mass is 16.2. The van der Waals surface area contributed by atoms with Crippen LogP contribution in [0.15, 0.2) is 36.4 Å². The Morgan fingerprint density at radius 2 is 1.72 bits per heavy atom. The molecule has 3 saturated heterocycles. The summed E-state index contributed by atoms with van der Waals surface area (Å²) in [6.45, 7) is 5.74. The van der Waals surface area contributed by atoms with E-state index in [4.69, 9.17) is 0 Å². The van der Waals surface area contributed by atoms with Crippen LogP contribution in [0.5, 0.6) is 0 Å². The van der Waals surface area contributed by atoms with Crippen LogP contribution < -0.4 is 10.4 Å². The van der Waals surface area contributed by atoms with Gasteiger partial charge in [-0.2, -0.15) is 0 Å². The van der Waals surface area contributed by atoms with Crippen molar-refractivity contribution in [2.24, 2.45) is 11.8 Å². The number of amides is 4. The van der Waals surface area contributed by atoms with Crippen LogP contribution in [0, 0.1) is 11.8 Å². The van der Waals surface area contributed by atoms with E-state index in [0.717, 1.165) is 19.4 Å². The number of fused-ring (bicyclic) bond motifs is 1. The Morgan fingerprint density at radius 3 is 2.47 bits per heavy atom. The Bertz CT molecular complexity index is 1060. The lowest BCUT2D eigenvalue weighted by molar-refractivity contribution is -0.140. The van der Waals surface area contributed by atoms with Crippen molar-refractivity contribution in [2.75, 3.05) is 44.3 Å². The number of piperidine rings is 1. The van der Waals surface area contributed by atoms with Gasteiger partial charge in [-0.3, -0.25) is 29.5 Å². The van der Waals surface area contributed by atoms with Gasteiger partial charge in [-0.05, 0) is 57.2 Å². The summed E-state index contributed by atoms with van der Waals surface area (Å²) in [7, 11) is 0. The summed E-state index contributed by atoms with van der Waals surface area (Å²) < 4.78 is 0. The molecule has 9 nitrogen and oxygen atoms in total. The number of benzene rings is 1. The average Bonchev–Trinajstić information content (AvgIpc) is 2.91. The molecule has 3 fully saturated rings. The maximum absolute atomic E-state index is 13.3. The molecule has 3 atom stereocenters. The van der Waals surface area contributed by atoms with Crippen LogP contribution in [0.3, 0.4) is 0 Å². The largest absolute Gasteiger partial charge is 0.339 e. The van der Waals surface area contributed by atoms with Crippen molar-refractivity contribution < 1.29 is 19.2 Å². The van der Waals surface area contributed by atoms with Crippen LogP contribution in [0.2, 0.25) is 0 Å². The van der Waals surface area contributed by atoms with Crippen molar-refractivity contribution in [3.05, 3.63) is 42.0 Å². The molecule has 3 aliphatic heterocycles. The Kier molecular flexibility index (Phi) is 7.09. The van der Waals surface area contributed by atoms with Gasteiger partial charge in [-0.1, -0.05) is 18.2 Å². The highest BCUT2D eigenvalue weighted by Crippen LogP contribution is 2.32. The quantitative estimate of drug-likeness (QED) is 0.646. The molecule has 3 heterocycles. The summed E-state index contributed by atoms with van der Waals surface area (Å²) in [6, 6.07) is 7.19. The minimum Gasteiger partial charge on any atom is -0.339 e. The smallest absolute Gasteiger partial charge is 0.254 e. The van der Waals surface area contributed by atoms with Gasteiger partial charge in [0.2, 0.25) is 17.7 Å². The van der Waals surface area contributed by atoms with Crippen LogP contribution in [0.1, 0.15) is 49.4 Å². The van der Waals surface area contributed by atoms with Gasteiger partial charge in [-0.25, -0.2) is 5.01 Å². The Hall–Kier alpha value is -3.20. The number of carbonyl (C=O) groups excluding carboxylic acids is 4. The third-order valence-electron chi connectivity index (χ3n) is 8.02. The van der Waals surface area contributed by atoms with E-state index in [-0.39, 0.29) is 35.5 Å². The first-order chi connectivity index (χ1) is 17.4. The first-order valence-corrected chi connectivity index (χ1v) is 13.1. The zero-order chi connectivity index (χ0) is 25.2. The number of hydrazine groups is 1. The second kappa shape index (κ2) is 10.4. The van der Waals surface area contributed by atoms with Gasteiger partial charge in [-0.15, -0.1) is 0 Å². The molecule has 1 N–H and O–H groups in total. The number of allylic oxidation sites excluding steroid dienone is 2. The molecule has 0 aromatic heterocycles. The second-order valence-corrected chi connectivity index (χ2v) is 10.4. The Morgan fingerprint density at radius 1 is 0.972 bits per heavy atom. The number of carbonyl (C=O) groups is 4. The maximum Gasteiger partial charge on any atom is 0.254 e. The summed E-state index contributed by atoms with van der Waals surface area (Å²) in [5.41, 5.74) is 3.70. The van der Waals surface area contributed by atoms with E-state index in [0.29, 0.717) is 62.9 Å². The summed E-state index contributed by atoms with van der Waals surface area (Å²) in [6.07, 6.45) is 8.35. The van der Waals surface area contributed by atoms with E-state index in [2.05, 4.69) is 17.2 Å². The number of nitrogens with one attached hydrogen (secondary N) is 1. The number of likely N-dealkylation sites (tertiary alicyclic amines) is 1. The zero-order valence-corrected chi connectivity index (χ0v) is 20.9. The van der Waals surface area contributed by atoms with Crippen molar-refractivity contribution in [1.29, 1.82) is 0 Å². The lowest BCUT2D eigenvalue weighted by Gasteiger charge is -2.38. The van der Waals surface area contributed by atoms with Crippen molar-refractivity contribution in [3.8, 4) is 0 Å². The molecule has 0 spiro atoms. The predicted molar refractivity (Wildman–Crippen MR) is 135 cm³/mol. The van der Waals surface area contributed by atoms with Crippen molar-refractivity contribution >= 4 is 29.3 Å². The molecule has 0 saturated carbocycles. The number of nitrogens with zero attached hydrogens (tertiary/aromatic N) is 4. The third-order valence-corrected chi connectivity index (χ3v) is 8.02. The molecule has 4 amide bonds. The topological polar surface area (TPSA) is 93.3 Å². The van der Waals surface area contributed by atoms with E-state index >= 15 is 0 Å². The fourth-order valence-corrected chi connectivity index (χ4v) is 5.80. The lowest BCUT2D eigenvalue weighted by Crippen LogP contribution is -2.59. The highest BCUT2D eigenvalue weighted by Gasteiger charge is 2.42. The molecular formula is C27H35N5O4. The standard InChI is InChI=1S/C27H35N5O4/c1-19-7-4-5-12-31(19)24(33)18-29-13-15-30(16-14-29)26(35)20-8-6-9-21(17-20)32-27(36)23-11-3-2-10-22(23)25(34)28-32/h2-3,6,8-9,17,19,22-23H,4-5,7,10-16,18H2,1H3,(H,28,34). The number of piperazine rings is 1. The molecule has 9 heteroatoms. The summed E-state index contributed by atoms with van der Waals surface area (Å²) in [5, 5.41) is 1.30. The van der Waals surface area contributed by atoms with Gasteiger partial charge in [0.05, 0.1) is 24.1 Å². The van der Waals surface area contributed by atoms with Crippen LogP contribution >= 0.6 is 0 Å². The van der Waals surface area contributed by atoms with E-state index in [9.17, 15) is 19.2 Å². The first kappa shape index (κ1) is 24.5. The number of rotatable bonds is 4. The fraction of sp³-hybridized carbons (Fsp3) is 0.556. The first-order valence-electron chi connectivity index (χ1n) is 13.1. The van der Waals surface area contributed by atoms with E-state index < -0.39 is 0 Å². The molecule has 36 heavy (non-hydrogen) atoms. The fourth-order valence-electron chi connectivity index (χ4n) is 5.80. The Labute approximate surface area is 212 Å². The van der Waals surface area contributed by atoms with Crippen molar-refractivity contribution in [3.63, 3.8) is 0 Å². The zero-order valence-electron chi connectivity index (χ0n) is 20.9. The van der Waals surface area contributed by atoms with Crippen LogP contribution in [0.4, 0.5) is 5.69 Å². The molecule has 0 radical (unpaired) electrons. The molecule has 1 aliphatic carbocycles. The highest BCUT2D eigenvalue weighted by molar-refractivity contribution is 6.05. The van der Waals surface area contributed by atoms with E-state index in [1.54, 1.807) is 29.2 Å². The van der Waals surface area contributed by atoms with E-state index in [1.807, 2.05) is 17.1 Å². The monoisotopic (exact) mass is 493 g/mol. The molecule has 0 bridgehead atoms. The summed E-state index contributed by atoms with van der Waals surface area (Å²) in [4.78, 5) is 57.7. The predicted octanol–water partition coefficient (Wildman–Crippen LogP) is 1.81. The average molecular weight is 494 g/mol. The SMILES string of the molecule is CC1CCCCN1C(=O)CN1CCN(C(=O)c2cccc(N3NC(=O)C4CC=CCC4C3=O)c2)CC1. The van der Waals surface area contributed by atoms with Gasteiger partial charge in [0.15, 0.2) is 0 Å². The van der Waals surface area contributed by atoms with E-state index in [1.165, 1.54) is 11.4 Å². The van der Waals surface area contributed by atoms with Crippen LogP contribution in [0.25, 0.3) is 0 Å². The van der Waals surface area contributed by atoms with Gasteiger partial charge in [0.25, 0.3) is 5.91 Å². The minimum atomic E-state index is -0.369. The van der Waals surface area contributed by atoms with Gasteiger partial charge in [0.1, 0.15) is 0 Å². The second-order valence-electron chi connectivity index (χ2n) is 10.4. The van der Waals surface area contributed by atoms with Gasteiger partial charge in [0, 0.05) is 44.3 Å². The van der Waals surface area contributed by atoms with Crippen LogP contribution in [-0.4, -0.2) is 83.6 Å². The minimum absolute atomic E-state index is 0.109. The number of hydrogen-bond donors (Lipinski definition) is 1. The summed E-state index contributed by atoms with van der Waals surface area (Å²) in [5.74, 6) is -0.933. The number of anilines is 1. The molecule has 5 rings (SSSR count). The van der Waals surface area contributed by atoms with Gasteiger partial charge >= 0.3 is 0 Å². The third kappa shape index (κ3) is 4.89. The van der Waals surface area contributed by atoms with Crippen molar-refractivity contribution in [2.45, 2.75) is 45.1 Å². The lowest BCUT2D eigenvalue weighted by atomic mass is 9.80. The molecule has 192 valence electrons. The van der Waals surface area contributed by atoms with Crippen LogP contribution in [-0.2, 0) is 14.4 Å². The molecule has 1 aromatic carbocycles.